The van der Waals surface area contributed by atoms with Crippen LogP contribution in [0.1, 0.15) is 65.2 Å². The highest BCUT2D eigenvalue weighted by Gasteiger charge is 2.25. The van der Waals surface area contributed by atoms with E-state index in [1.54, 1.807) is 13.8 Å². The fourth-order valence-electron chi connectivity index (χ4n) is 4.54. The zero-order chi connectivity index (χ0) is 23.0. The Bertz CT molecular complexity index is 812. The number of benzene rings is 1. The molecule has 0 saturated carbocycles. The summed E-state index contributed by atoms with van der Waals surface area (Å²) in [7, 11) is -3.23. The van der Waals surface area contributed by atoms with Crippen molar-refractivity contribution in [1.82, 2.24) is 9.62 Å². The molecule has 0 aromatic heterocycles. The van der Waals surface area contributed by atoms with Crippen LogP contribution < -0.4 is 14.9 Å². The number of rotatable bonds is 10. The number of hydrogen-bond acceptors (Lipinski definition) is 5. The van der Waals surface area contributed by atoms with Crippen molar-refractivity contribution in [2.75, 3.05) is 42.9 Å². The van der Waals surface area contributed by atoms with Gasteiger partial charge in [-0.2, -0.15) is 0 Å². The maximum Gasteiger partial charge on any atom is 0.224 e. The van der Waals surface area contributed by atoms with Crippen molar-refractivity contribution < 1.29 is 13.2 Å². The summed E-state index contributed by atoms with van der Waals surface area (Å²) in [4.78, 5) is 17.3. The van der Waals surface area contributed by atoms with Crippen molar-refractivity contribution >= 4 is 27.3 Å². The summed E-state index contributed by atoms with van der Waals surface area (Å²) < 4.78 is 26.0. The van der Waals surface area contributed by atoms with E-state index >= 15 is 0 Å². The van der Waals surface area contributed by atoms with Crippen LogP contribution in [-0.4, -0.2) is 63.2 Å². The zero-order valence-corrected chi connectivity index (χ0v) is 20.5. The predicted octanol–water partition coefficient (Wildman–Crippen LogP) is 3.58. The number of carbonyl (C=O) groups excluding carboxylic acids is 1. The van der Waals surface area contributed by atoms with Crippen molar-refractivity contribution in [2.45, 2.75) is 76.5 Å². The van der Waals surface area contributed by atoms with E-state index in [2.05, 4.69) is 32.0 Å². The lowest BCUT2D eigenvalue weighted by Crippen LogP contribution is -2.46. The van der Waals surface area contributed by atoms with E-state index in [4.69, 9.17) is 0 Å². The molecule has 0 bridgehead atoms. The fourth-order valence-corrected chi connectivity index (χ4v) is 5.31. The number of nitrogens with one attached hydrogen (secondary N) is 2. The Balaban J connectivity index is 1.35. The van der Waals surface area contributed by atoms with Gasteiger partial charge in [0.25, 0.3) is 0 Å². The SMILES string of the molecule is CC(C)S(=O)(=O)NCCCCC(=O)Nc1ccc(N2CCC(N3CCCCC3)CC2)cc1. The molecule has 180 valence electrons. The number of amides is 1. The molecule has 2 saturated heterocycles. The first-order valence-electron chi connectivity index (χ1n) is 12.2. The lowest BCUT2D eigenvalue weighted by Gasteiger charge is -2.41. The molecule has 0 atom stereocenters. The van der Waals surface area contributed by atoms with Crippen LogP contribution in [-0.2, 0) is 14.8 Å². The molecule has 2 aliphatic rings. The van der Waals surface area contributed by atoms with Gasteiger partial charge in [-0.1, -0.05) is 6.42 Å². The third-order valence-electron chi connectivity index (χ3n) is 6.64. The number of likely N-dealkylation sites (tertiary alicyclic amines) is 1. The van der Waals surface area contributed by atoms with Gasteiger partial charge < -0.3 is 15.1 Å². The van der Waals surface area contributed by atoms with E-state index < -0.39 is 15.3 Å². The van der Waals surface area contributed by atoms with Gasteiger partial charge in [-0.05, 0) is 89.7 Å². The summed E-state index contributed by atoms with van der Waals surface area (Å²) in [6.07, 6.45) is 8.22. The minimum atomic E-state index is -3.23. The molecule has 0 unspecified atom stereocenters. The summed E-state index contributed by atoms with van der Waals surface area (Å²) in [6, 6.07) is 8.88. The maximum atomic E-state index is 12.2. The molecule has 2 aliphatic heterocycles. The van der Waals surface area contributed by atoms with Crippen LogP contribution in [0.2, 0.25) is 0 Å². The summed E-state index contributed by atoms with van der Waals surface area (Å²) >= 11 is 0. The second kappa shape index (κ2) is 12.0. The molecule has 8 heteroatoms. The Labute approximate surface area is 194 Å². The minimum Gasteiger partial charge on any atom is -0.371 e. The summed E-state index contributed by atoms with van der Waals surface area (Å²) in [6.45, 7) is 8.40. The van der Waals surface area contributed by atoms with Crippen molar-refractivity contribution in [3.8, 4) is 0 Å². The van der Waals surface area contributed by atoms with Crippen LogP contribution in [0.5, 0.6) is 0 Å². The molecule has 1 aromatic rings. The molecule has 7 nitrogen and oxygen atoms in total. The van der Waals surface area contributed by atoms with Crippen LogP contribution in [0.15, 0.2) is 24.3 Å². The molecule has 2 N–H and O–H groups in total. The van der Waals surface area contributed by atoms with Crippen LogP contribution in [0.3, 0.4) is 0 Å². The summed E-state index contributed by atoms with van der Waals surface area (Å²) in [5, 5.41) is 2.51. The monoisotopic (exact) mass is 464 g/mol. The van der Waals surface area contributed by atoms with E-state index in [0.29, 0.717) is 25.8 Å². The Kier molecular flexibility index (Phi) is 9.37. The van der Waals surface area contributed by atoms with Gasteiger partial charge >= 0.3 is 0 Å². The Morgan fingerprint density at radius 1 is 1.00 bits per heavy atom. The second-order valence-corrected chi connectivity index (χ2v) is 11.7. The van der Waals surface area contributed by atoms with E-state index in [0.717, 1.165) is 24.8 Å². The lowest BCUT2D eigenvalue weighted by atomic mass is 9.99. The van der Waals surface area contributed by atoms with E-state index in [-0.39, 0.29) is 5.91 Å². The Morgan fingerprint density at radius 3 is 2.28 bits per heavy atom. The average Bonchev–Trinajstić information content (AvgIpc) is 2.80. The predicted molar refractivity (Wildman–Crippen MR) is 132 cm³/mol. The summed E-state index contributed by atoms with van der Waals surface area (Å²) in [5.74, 6) is -0.0354. The zero-order valence-electron chi connectivity index (χ0n) is 19.7. The van der Waals surface area contributed by atoms with E-state index in [9.17, 15) is 13.2 Å². The van der Waals surface area contributed by atoms with Crippen molar-refractivity contribution in [2.24, 2.45) is 0 Å². The largest absolute Gasteiger partial charge is 0.371 e. The Hall–Kier alpha value is -1.64. The van der Waals surface area contributed by atoms with Gasteiger partial charge in [0, 0.05) is 43.5 Å². The second-order valence-electron chi connectivity index (χ2n) is 9.36. The van der Waals surface area contributed by atoms with Gasteiger partial charge in [0.05, 0.1) is 5.25 Å². The smallest absolute Gasteiger partial charge is 0.224 e. The highest BCUT2D eigenvalue weighted by atomic mass is 32.2. The lowest BCUT2D eigenvalue weighted by molar-refractivity contribution is -0.116. The van der Waals surface area contributed by atoms with Crippen molar-refractivity contribution in [3.63, 3.8) is 0 Å². The molecule has 32 heavy (non-hydrogen) atoms. The molecule has 0 aliphatic carbocycles. The summed E-state index contributed by atoms with van der Waals surface area (Å²) in [5.41, 5.74) is 2.03. The van der Waals surface area contributed by atoms with Crippen molar-refractivity contribution in [3.05, 3.63) is 24.3 Å². The van der Waals surface area contributed by atoms with Gasteiger partial charge in [-0.15, -0.1) is 0 Å². The molecule has 0 spiro atoms. The van der Waals surface area contributed by atoms with Crippen LogP contribution in [0.25, 0.3) is 0 Å². The molecule has 1 amide bonds. The van der Waals surface area contributed by atoms with Gasteiger partial charge in [0.1, 0.15) is 0 Å². The minimum absolute atomic E-state index is 0.0354. The van der Waals surface area contributed by atoms with Crippen LogP contribution in [0, 0.1) is 0 Å². The molecule has 2 heterocycles. The quantitative estimate of drug-likeness (QED) is 0.517. The molecular formula is C24H40N4O3S. The number of piperidine rings is 2. The standard InChI is InChI=1S/C24H40N4O3S/c1-20(2)32(30,31)25-15-5-4-8-24(29)26-21-9-11-22(12-10-21)28-18-13-23(14-19-28)27-16-6-3-7-17-27/h9-12,20,23,25H,3-8,13-19H2,1-2H3,(H,26,29). The highest BCUT2D eigenvalue weighted by Crippen LogP contribution is 2.25. The third-order valence-corrected chi connectivity index (χ3v) is 8.49. The maximum absolute atomic E-state index is 12.2. The van der Waals surface area contributed by atoms with Crippen LogP contribution >= 0.6 is 0 Å². The average molecular weight is 465 g/mol. The highest BCUT2D eigenvalue weighted by molar-refractivity contribution is 7.90. The number of anilines is 2. The normalized spacial score (nSPS) is 18.8. The van der Waals surface area contributed by atoms with Gasteiger partial charge in [0.15, 0.2) is 0 Å². The first kappa shape index (κ1) is 25.0. The van der Waals surface area contributed by atoms with E-state index in [1.165, 1.54) is 50.9 Å². The number of sulfonamides is 1. The van der Waals surface area contributed by atoms with Gasteiger partial charge in [-0.25, -0.2) is 13.1 Å². The number of nitrogens with zero attached hydrogens (tertiary/aromatic N) is 2. The number of hydrogen-bond donors (Lipinski definition) is 2. The molecule has 1 aromatic carbocycles. The third kappa shape index (κ3) is 7.46. The Morgan fingerprint density at radius 2 is 1.66 bits per heavy atom. The topological polar surface area (TPSA) is 81.7 Å². The number of carbonyl (C=O) groups is 1. The van der Waals surface area contributed by atoms with Crippen LogP contribution in [0.4, 0.5) is 11.4 Å². The van der Waals surface area contributed by atoms with E-state index in [1.807, 2.05) is 12.1 Å². The molecule has 3 rings (SSSR count). The molecule has 0 radical (unpaired) electrons. The fraction of sp³-hybridized carbons (Fsp3) is 0.708. The van der Waals surface area contributed by atoms with Crippen molar-refractivity contribution in [1.29, 1.82) is 0 Å². The molecule has 2 fully saturated rings. The van der Waals surface area contributed by atoms with Gasteiger partial charge in [-0.3, -0.25) is 4.79 Å². The first-order chi connectivity index (χ1) is 15.3. The molecular weight excluding hydrogens is 424 g/mol. The van der Waals surface area contributed by atoms with Gasteiger partial charge in [0.2, 0.25) is 15.9 Å². The first-order valence-corrected chi connectivity index (χ1v) is 13.8. The number of unbranched alkanes of at least 4 members (excludes halogenated alkanes) is 1.